The predicted molar refractivity (Wildman–Crippen MR) is 104 cm³/mol. The first kappa shape index (κ1) is 18.1. The second kappa shape index (κ2) is 7.70. The first-order valence-electron chi connectivity index (χ1n) is 9.04. The van der Waals surface area contributed by atoms with Crippen molar-refractivity contribution in [1.29, 1.82) is 0 Å². The number of benzene rings is 2. The molecule has 0 fully saturated rings. The minimum absolute atomic E-state index is 0.0654. The third-order valence-electron chi connectivity index (χ3n) is 5.04. The minimum atomic E-state index is -0.287. The van der Waals surface area contributed by atoms with Crippen LogP contribution in [0.15, 0.2) is 48.5 Å². The molecule has 1 aliphatic rings. The fraction of sp³-hybridized carbons (Fsp3) is 0.333. The van der Waals surface area contributed by atoms with Gasteiger partial charge in [0.05, 0.1) is 7.05 Å². The number of carbonyl (C=O) groups excluding carboxylic acids is 2. The molecule has 2 atom stereocenters. The number of amides is 2. The Kier molecular flexibility index (Phi) is 5.38. The van der Waals surface area contributed by atoms with Crippen molar-refractivity contribution >= 4 is 23.2 Å². The van der Waals surface area contributed by atoms with E-state index in [-0.39, 0.29) is 24.4 Å². The number of hydrogen-bond donors (Lipinski definition) is 2. The largest absolute Gasteiger partial charge is 0.321 e. The lowest BCUT2D eigenvalue weighted by atomic mass is 10.2. The summed E-state index contributed by atoms with van der Waals surface area (Å²) in [5.41, 5.74) is 4.14. The normalized spacial score (nSPS) is 15.3. The van der Waals surface area contributed by atoms with Crippen LogP contribution in [0.5, 0.6) is 0 Å². The van der Waals surface area contributed by atoms with Crippen LogP contribution in [0.25, 0.3) is 0 Å². The maximum atomic E-state index is 12.9. The molecule has 1 heterocycles. The Morgan fingerprint density at radius 3 is 2.58 bits per heavy atom. The molecule has 1 aliphatic heterocycles. The SMILES string of the molecule is Cc1ccc(NC(=O)C[NH+](C)[C@H](C)C(=O)N2CCc3ccccc32)cc1. The molecule has 3 rings (SSSR count). The van der Waals surface area contributed by atoms with Crippen LogP contribution in [0.3, 0.4) is 0 Å². The van der Waals surface area contributed by atoms with Gasteiger partial charge < -0.3 is 15.1 Å². The third-order valence-corrected chi connectivity index (χ3v) is 5.04. The zero-order valence-electron chi connectivity index (χ0n) is 15.6. The number of nitrogens with one attached hydrogen (secondary N) is 2. The molecule has 0 spiro atoms. The van der Waals surface area contributed by atoms with Crippen LogP contribution in [0.2, 0.25) is 0 Å². The number of para-hydroxylation sites is 1. The Morgan fingerprint density at radius 1 is 1.15 bits per heavy atom. The summed E-state index contributed by atoms with van der Waals surface area (Å²) in [5, 5.41) is 2.89. The van der Waals surface area contributed by atoms with Gasteiger partial charge in [-0.05, 0) is 44.0 Å². The van der Waals surface area contributed by atoms with Gasteiger partial charge in [-0.25, -0.2) is 0 Å². The molecule has 136 valence electrons. The molecule has 2 aromatic rings. The van der Waals surface area contributed by atoms with Crippen LogP contribution >= 0.6 is 0 Å². The molecule has 0 radical (unpaired) electrons. The minimum Gasteiger partial charge on any atom is -0.321 e. The van der Waals surface area contributed by atoms with Crippen molar-refractivity contribution in [3.63, 3.8) is 0 Å². The Morgan fingerprint density at radius 2 is 1.85 bits per heavy atom. The van der Waals surface area contributed by atoms with E-state index in [2.05, 4.69) is 11.4 Å². The lowest BCUT2D eigenvalue weighted by molar-refractivity contribution is -0.885. The summed E-state index contributed by atoms with van der Waals surface area (Å²) in [5.74, 6) is -0.0246. The first-order valence-corrected chi connectivity index (χ1v) is 9.04. The van der Waals surface area contributed by atoms with Gasteiger partial charge in [0.1, 0.15) is 0 Å². The van der Waals surface area contributed by atoms with E-state index >= 15 is 0 Å². The fourth-order valence-electron chi connectivity index (χ4n) is 3.26. The van der Waals surface area contributed by atoms with E-state index in [1.54, 1.807) is 0 Å². The van der Waals surface area contributed by atoms with Gasteiger partial charge in [0.25, 0.3) is 11.8 Å². The molecule has 26 heavy (non-hydrogen) atoms. The number of anilines is 2. The van der Waals surface area contributed by atoms with Crippen molar-refractivity contribution < 1.29 is 14.5 Å². The highest BCUT2D eigenvalue weighted by Crippen LogP contribution is 2.27. The first-order chi connectivity index (χ1) is 12.5. The summed E-state index contributed by atoms with van der Waals surface area (Å²) in [6.07, 6.45) is 0.890. The summed E-state index contributed by atoms with van der Waals surface area (Å²) < 4.78 is 0. The molecule has 5 heteroatoms. The monoisotopic (exact) mass is 352 g/mol. The van der Waals surface area contributed by atoms with E-state index < -0.39 is 0 Å². The lowest BCUT2D eigenvalue weighted by Gasteiger charge is -2.25. The highest BCUT2D eigenvalue weighted by Gasteiger charge is 2.32. The van der Waals surface area contributed by atoms with E-state index in [9.17, 15) is 9.59 Å². The summed E-state index contributed by atoms with van der Waals surface area (Å²) in [7, 11) is 1.89. The van der Waals surface area contributed by atoms with Gasteiger partial charge in [-0.3, -0.25) is 9.59 Å². The van der Waals surface area contributed by atoms with Gasteiger partial charge in [0, 0.05) is 17.9 Å². The number of fused-ring (bicyclic) bond motifs is 1. The van der Waals surface area contributed by atoms with Crippen molar-refractivity contribution in [2.45, 2.75) is 26.3 Å². The Labute approximate surface area is 154 Å². The predicted octanol–water partition coefficient (Wildman–Crippen LogP) is 1.43. The molecule has 1 unspecified atom stereocenters. The lowest BCUT2D eigenvalue weighted by Crippen LogP contribution is -3.15. The molecule has 0 aliphatic carbocycles. The van der Waals surface area contributed by atoms with Crippen molar-refractivity contribution in [1.82, 2.24) is 0 Å². The number of rotatable bonds is 5. The highest BCUT2D eigenvalue weighted by molar-refractivity contribution is 5.98. The van der Waals surface area contributed by atoms with Gasteiger partial charge in [0.15, 0.2) is 12.6 Å². The number of carbonyl (C=O) groups is 2. The maximum absolute atomic E-state index is 12.9. The van der Waals surface area contributed by atoms with Gasteiger partial charge in [-0.2, -0.15) is 0 Å². The van der Waals surface area contributed by atoms with E-state index in [1.807, 2.05) is 68.3 Å². The molecular weight excluding hydrogens is 326 g/mol. The van der Waals surface area contributed by atoms with Gasteiger partial charge in [-0.15, -0.1) is 0 Å². The summed E-state index contributed by atoms with van der Waals surface area (Å²) in [6, 6.07) is 15.4. The van der Waals surface area contributed by atoms with Crippen LogP contribution in [0, 0.1) is 6.92 Å². The molecule has 0 aromatic heterocycles. The quantitative estimate of drug-likeness (QED) is 0.855. The van der Waals surface area contributed by atoms with E-state index in [4.69, 9.17) is 0 Å². The zero-order chi connectivity index (χ0) is 18.7. The van der Waals surface area contributed by atoms with Crippen LogP contribution in [-0.4, -0.2) is 38.0 Å². The number of aryl methyl sites for hydroxylation is 1. The van der Waals surface area contributed by atoms with Gasteiger partial charge in [0.2, 0.25) is 0 Å². The zero-order valence-corrected chi connectivity index (χ0v) is 15.6. The average molecular weight is 352 g/mol. The Bertz CT molecular complexity index is 801. The van der Waals surface area contributed by atoms with Crippen LogP contribution < -0.4 is 15.1 Å². The smallest absolute Gasteiger partial charge is 0.284 e. The Balaban J connectivity index is 1.59. The fourth-order valence-corrected chi connectivity index (χ4v) is 3.26. The second-order valence-electron chi connectivity index (χ2n) is 7.03. The number of likely N-dealkylation sites (N-methyl/N-ethyl adjacent to an activating group) is 1. The third kappa shape index (κ3) is 3.94. The molecule has 0 bridgehead atoms. The van der Waals surface area contributed by atoms with Gasteiger partial charge in [-0.1, -0.05) is 35.9 Å². The van der Waals surface area contributed by atoms with Crippen LogP contribution in [-0.2, 0) is 16.0 Å². The number of nitrogens with zero attached hydrogens (tertiary/aromatic N) is 1. The molecule has 0 saturated carbocycles. The topological polar surface area (TPSA) is 53.9 Å². The van der Waals surface area contributed by atoms with Crippen molar-refractivity contribution in [3.05, 3.63) is 59.7 Å². The maximum Gasteiger partial charge on any atom is 0.284 e. The molecule has 0 saturated heterocycles. The molecule has 2 aromatic carbocycles. The van der Waals surface area contributed by atoms with Gasteiger partial charge >= 0.3 is 0 Å². The number of hydrogen-bond acceptors (Lipinski definition) is 2. The van der Waals surface area contributed by atoms with E-state index in [1.165, 1.54) is 5.56 Å². The summed E-state index contributed by atoms with van der Waals surface area (Å²) in [6.45, 7) is 4.85. The van der Waals surface area contributed by atoms with Crippen molar-refractivity contribution in [2.75, 3.05) is 30.4 Å². The molecule has 5 nitrogen and oxygen atoms in total. The van der Waals surface area contributed by atoms with E-state index in [0.717, 1.165) is 28.3 Å². The summed E-state index contributed by atoms with van der Waals surface area (Å²) >= 11 is 0. The number of quaternary nitrogens is 1. The van der Waals surface area contributed by atoms with E-state index in [0.29, 0.717) is 6.54 Å². The van der Waals surface area contributed by atoms with Crippen LogP contribution in [0.1, 0.15) is 18.1 Å². The van der Waals surface area contributed by atoms with Crippen LogP contribution in [0.4, 0.5) is 11.4 Å². The second-order valence-corrected chi connectivity index (χ2v) is 7.03. The molecule has 2 N–H and O–H groups in total. The average Bonchev–Trinajstić information content (AvgIpc) is 3.06. The molecule has 2 amide bonds. The molecular formula is C21H26N3O2+. The summed E-state index contributed by atoms with van der Waals surface area (Å²) in [4.78, 5) is 27.9. The van der Waals surface area contributed by atoms with Crippen molar-refractivity contribution in [3.8, 4) is 0 Å². The van der Waals surface area contributed by atoms with Crippen molar-refractivity contribution in [2.24, 2.45) is 0 Å². The highest BCUT2D eigenvalue weighted by atomic mass is 16.2. The Hall–Kier alpha value is -2.66. The standard InChI is InChI=1S/C21H25N3O2/c1-15-8-10-18(11-9-15)22-20(25)14-23(3)16(2)21(26)24-13-12-17-6-4-5-7-19(17)24/h4-11,16H,12-14H2,1-3H3,(H,22,25)/p+1/t16-/m1/s1.